The third kappa shape index (κ3) is 9.33. The molecule has 9 heteroatoms. The van der Waals surface area contributed by atoms with E-state index < -0.39 is 36.7 Å². The van der Waals surface area contributed by atoms with E-state index in [1.165, 1.54) is 10.4 Å². The summed E-state index contributed by atoms with van der Waals surface area (Å²) in [5, 5.41) is 2.36. The van der Waals surface area contributed by atoms with Crippen molar-refractivity contribution in [1.29, 1.82) is 0 Å². The van der Waals surface area contributed by atoms with Gasteiger partial charge in [-0.05, 0) is 69.9 Å². The summed E-state index contributed by atoms with van der Waals surface area (Å²) in [7, 11) is -7.37. The number of benzene rings is 3. The maximum Gasteiger partial charge on any atom is 0.261 e. The summed E-state index contributed by atoms with van der Waals surface area (Å²) in [6.45, 7) is 33.6. The number of fused-ring (bicyclic) bond motifs is 1. The van der Waals surface area contributed by atoms with Crippen LogP contribution in [0.4, 0.5) is 0 Å². The van der Waals surface area contributed by atoms with Crippen LogP contribution in [0.1, 0.15) is 114 Å². The molecule has 336 valence electrons. The molecule has 3 fully saturated rings. The van der Waals surface area contributed by atoms with Crippen LogP contribution in [0.15, 0.2) is 91.0 Å². The van der Waals surface area contributed by atoms with Crippen LogP contribution in [0.3, 0.4) is 0 Å². The smallest absolute Gasteiger partial charge is 0.261 e. The molecular formula is C52H80O6Si3. The number of rotatable bonds is 14. The molecule has 0 amide bonds. The first kappa shape index (κ1) is 48.2. The largest absolute Gasteiger partial charge is 0.414 e. The molecule has 0 unspecified atom stereocenters. The summed E-state index contributed by atoms with van der Waals surface area (Å²) < 4.78 is 37.9. The van der Waals surface area contributed by atoms with Crippen LogP contribution in [0, 0.1) is 28.6 Å². The first-order valence-corrected chi connectivity index (χ1v) is 30.9. The van der Waals surface area contributed by atoms with Crippen molar-refractivity contribution in [3.63, 3.8) is 0 Å². The van der Waals surface area contributed by atoms with E-state index in [9.17, 15) is 4.79 Å². The third-order valence-electron chi connectivity index (χ3n) is 16.2. The van der Waals surface area contributed by atoms with Gasteiger partial charge in [-0.25, -0.2) is 0 Å². The maximum atomic E-state index is 14.5. The molecule has 2 aliphatic carbocycles. The zero-order valence-electron chi connectivity index (χ0n) is 40.3. The predicted molar refractivity (Wildman–Crippen MR) is 259 cm³/mol. The zero-order valence-corrected chi connectivity index (χ0v) is 43.3. The summed E-state index contributed by atoms with van der Waals surface area (Å²) in [5.41, 5.74) is 0.0402. The standard InChI is InChI=1S/C52H80O6Si3/c1-15-60(16-2,17-3)58-43-35-44(53)51(10,11)46(43)47-45-41(36-55-61(50(7,8)9,39-29-23-19-24-30-39)40-31-25-20-26-32-40)42(57-59(13,14)49(4,5)6)33-34-52(45,12)37-54-48(56-47)38-27-21-18-22-28-38/h18-32,41-43,45-48H,15-17,33-37H2,1-14H3/t41-,42+,43+,45+,46+,47+,48-,52+/m1/s1. The Hall–Kier alpha value is -2.22. The molecule has 0 bridgehead atoms. The molecule has 0 spiro atoms. The lowest BCUT2D eigenvalue weighted by Gasteiger charge is -2.55. The van der Waals surface area contributed by atoms with Crippen LogP contribution in [0.5, 0.6) is 0 Å². The molecule has 0 radical (unpaired) electrons. The van der Waals surface area contributed by atoms with E-state index in [1.54, 1.807) is 0 Å². The normalized spacial score (nSPS) is 29.0. The molecule has 1 heterocycles. The average Bonchev–Trinajstić information content (AvgIpc) is 3.33. The highest BCUT2D eigenvalue weighted by atomic mass is 28.4. The number of hydrogen-bond acceptors (Lipinski definition) is 6. The molecule has 8 atom stereocenters. The fourth-order valence-corrected chi connectivity index (χ4v) is 20.1. The van der Waals surface area contributed by atoms with Gasteiger partial charge in [0.25, 0.3) is 8.32 Å². The quantitative estimate of drug-likeness (QED) is 0.150. The monoisotopic (exact) mass is 885 g/mol. The van der Waals surface area contributed by atoms with Gasteiger partial charge < -0.3 is 22.8 Å². The Morgan fingerprint density at radius 2 is 1.23 bits per heavy atom. The SMILES string of the molecule is CC[Si](CC)(CC)O[C@H]1CC(=O)C(C)(C)[C@@H]1[C@H]1O[C@H](c2ccccc2)OC[C@]2(C)CC[C@H](O[Si](C)(C)C(C)(C)C)[C@@H](CO[Si](c3ccccc3)(c3ccccc3)C(C)(C)C)[C@@H]12. The highest BCUT2D eigenvalue weighted by Gasteiger charge is 2.63. The molecule has 6 nitrogen and oxygen atoms in total. The molecule has 2 saturated carbocycles. The molecule has 3 aliphatic rings. The van der Waals surface area contributed by atoms with Crippen molar-refractivity contribution in [2.24, 2.45) is 28.6 Å². The summed E-state index contributed by atoms with van der Waals surface area (Å²) in [6, 6.07) is 35.5. The minimum Gasteiger partial charge on any atom is -0.414 e. The van der Waals surface area contributed by atoms with Gasteiger partial charge in [-0.15, -0.1) is 0 Å². The van der Waals surface area contributed by atoms with Crippen molar-refractivity contribution in [1.82, 2.24) is 0 Å². The van der Waals surface area contributed by atoms with Crippen LogP contribution < -0.4 is 10.4 Å². The molecule has 0 N–H and O–H groups in total. The minimum absolute atomic E-state index is 0.0191. The Balaban J connectivity index is 1.58. The van der Waals surface area contributed by atoms with E-state index in [0.29, 0.717) is 19.6 Å². The highest BCUT2D eigenvalue weighted by molar-refractivity contribution is 6.99. The van der Waals surface area contributed by atoms with Gasteiger partial charge in [0.15, 0.2) is 22.9 Å². The predicted octanol–water partition coefficient (Wildman–Crippen LogP) is 12.1. The van der Waals surface area contributed by atoms with Crippen molar-refractivity contribution in [2.45, 2.75) is 168 Å². The van der Waals surface area contributed by atoms with Gasteiger partial charge in [-0.1, -0.05) is 174 Å². The number of Topliss-reactive ketones (excluding diaryl/α,β-unsaturated/α-hetero) is 1. The van der Waals surface area contributed by atoms with E-state index in [0.717, 1.165) is 36.5 Å². The first-order valence-electron chi connectivity index (χ1n) is 23.6. The van der Waals surface area contributed by atoms with E-state index in [2.05, 4.69) is 181 Å². The molecule has 1 saturated heterocycles. The Morgan fingerprint density at radius 1 is 0.705 bits per heavy atom. The van der Waals surface area contributed by atoms with Crippen molar-refractivity contribution in [2.75, 3.05) is 13.2 Å². The van der Waals surface area contributed by atoms with Gasteiger partial charge in [0.1, 0.15) is 5.78 Å². The average molecular weight is 885 g/mol. The second kappa shape index (κ2) is 18.3. The topological polar surface area (TPSA) is 63.2 Å². The molecule has 0 aromatic heterocycles. The van der Waals surface area contributed by atoms with E-state index >= 15 is 0 Å². The Morgan fingerprint density at radius 3 is 1.72 bits per heavy atom. The van der Waals surface area contributed by atoms with Gasteiger partial charge in [-0.3, -0.25) is 4.79 Å². The van der Waals surface area contributed by atoms with Crippen LogP contribution in [-0.4, -0.2) is 62.3 Å². The lowest BCUT2D eigenvalue weighted by Crippen LogP contribution is -2.68. The third-order valence-corrected chi connectivity index (χ3v) is 30.4. The molecule has 3 aromatic carbocycles. The van der Waals surface area contributed by atoms with Crippen LogP contribution in [-0.2, 0) is 27.5 Å². The van der Waals surface area contributed by atoms with Gasteiger partial charge in [0.05, 0.1) is 24.9 Å². The van der Waals surface area contributed by atoms with E-state index in [1.807, 2.05) is 6.07 Å². The molecule has 61 heavy (non-hydrogen) atoms. The lowest BCUT2D eigenvalue weighted by molar-refractivity contribution is -0.200. The van der Waals surface area contributed by atoms with Crippen LogP contribution >= 0.6 is 0 Å². The molecular weight excluding hydrogens is 805 g/mol. The van der Waals surface area contributed by atoms with Gasteiger partial charge in [-0.2, -0.15) is 0 Å². The lowest BCUT2D eigenvalue weighted by atomic mass is 9.56. The second-order valence-corrected chi connectivity index (χ2v) is 36.0. The van der Waals surface area contributed by atoms with Gasteiger partial charge >= 0.3 is 0 Å². The first-order chi connectivity index (χ1) is 28.6. The summed E-state index contributed by atoms with van der Waals surface area (Å²) >= 11 is 0. The number of ether oxygens (including phenoxy) is 2. The summed E-state index contributed by atoms with van der Waals surface area (Å²) in [5.74, 6) is -0.0123. The molecule has 3 aromatic rings. The highest BCUT2D eigenvalue weighted by Crippen LogP contribution is 2.58. The van der Waals surface area contributed by atoms with Crippen molar-refractivity contribution < 1.29 is 27.5 Å². The fourth-order valence-electron chi connectivity index (χ4n) is 11.2. The number of carbonyl (C=O) groups excluding carboxylic acids is 1. The van der Waals surface area contributed by atoms with Crippen molar-refractivity contribution >= 4 is 41.1 Å². The number of carbonyl (C=O) groups is 1. The summed E-state index contributed by atoms with van der Waals surface area (Å²) in [4.78, 5) is 14.5. The van der Waals surface area contributed by atoms with Gasteiger partial charge in [0, 0.05) is 41.8 Å². The number of hydrogen-bond donors (Lipinski definition) is 0. The van der Waals surface area contributed by atoms with Crippen molar-refractivity contribution in [3.05, 3.63) is 96.6 Å². The van der Waals surface area contributed by atoms with Gasteiger partial charge in [0.2, 0.25) is 0 Å². The van der Waals surface area contributed by atoms with Crippen LogP contribution in [0.2, 0.25) is 41.3 Å². The van der Waals surface area contributed by atoms with E-state index in [-0.39, 0.29) is 57.3 Å². The van der Waals surface area contributed by atoms with Crippen molar-refractivity contribution in [3.8, 4) is 0 Å². The Labute approximate surface area is 373 Å². The zero-order chi connectivity index (χ0) is 44.6. The number of ketones is 1. The minimum atomic E-state index is -2.96. The second-order valence-electron chi connectivity index (χ2n) is 22.2. The maximum absolute atomic E-state index is 14.5. The van der Waals surface area contributed by atoms with E-state index in [4.69, 9.17) is 22.8 Å². The summed E-state index contributed by atoms with van der Waals surface area (Å²) in [6.07, 6.45) is 1.01. The van der Waals surface area contributed by atoms with Crippen LogP contribution in [0.25, 0.3) is 0 Å². The fraction of sp³-hybridized carbons (Fsp3) is 0.635. The Bertz CT molecular complexity index is 1840. The molecule has 1 aliphatic heterocycles. The molecule has 6 rings (SSSR count). The Kier molecular flexibility index (Phi) is 14.5.